The maximum atomic E-state index is 12.5. The summed E-state index contributed by atoms with van der Waals surface area (Å²) >= 11 is 0. The lowest BCUT2D eigenvalue weighted by molar-refractivity contribution is -0.385. The molecule has 0 radical (unpaired) electrons. The average Bonchev–Trinajstić information content (AvgIpc) is 2.73. The van der Waals surface area contributed by atoms with Crippen LogP contribution in [0.25, 0.3) is 0 Å². The highest BCUT2D eigenvalue weighted by Crippen LogP contribution is 2.35. The van der Waals surface area contributed by atoms with Crippen LogP contribution in [-0.4, -0.2) is 43.7 Å². The molecule has 0 fully saturated rings. The summed E-state index contributed by atoms with van der Waals surface area (Å²) in [5.74, 6) is -1.03. The molecule has 0 heterocycles. The number of methoxy groups -OCH3 is 2. The first-order valence-electron chi connectivity index (χ1n) is 8.96. The van der Waals surface area contributed by atoms with Crippen molar-refractivity contribution in [2.75, 3.05) is 26.1 Å². The van der Waals surface area contributed by atoms with Gasteiger partial charge in [0.2, 0.25) is 0 Å². The van der Waals surface area contributed by atoms with Crippen LogP contribution in [-0.2, 0) is 9.53 Å². The number of nitro groups is 1. The van der Waals surface area contributed by atoms with Crippen molar-refractivity contribution in [2.45, 2.75) is 20.0 Å². The molecule has 0 aliphatic rings. The molecule has 0 aromatic heterocycles. The van der Waals surface area contributed by atoms with Crippen LogP contribution in [0.4, 0.5) is 11.4 Å². The summed E-state index contributed by atoms with van der Waals surface area (Å²) in [6.45, 7) is 3.56. The van der Waals surface area contributed by atoms with Gasteiger partial charge in [-0.3, -0.25) is 14.9 Å². The molecule has 2 aromatic carbocycles. The molecule has 0 spiro atoms. The minimum atomic E-state index is -1.24. The van der Waals surface area contributed by atoms with Crippen LogP contribution < -0.4 is 19.5 Å². The molecule has 30 heavy (non-hydrogen) atoms. The summed E-state index contributed by atoms with van der Waals surface area (Å²) in [6.07, 6.45) is -1.24. The molecule has 1 amide bonds. The van der Waals surface area contributed by atoms with E-state index in [1.165, 1.54) is 21.1 Å². The van der Waals surface area contributed by atoms with Crippen molar-refractivity contribution in [2.24, 2.45) is 0 Å². The zero-order valence-electron chi connectivity index (χ0n) is 17.0. The molecule has 0 unspecified atom stereocenters. The number of ether oxygens (including phenoxy) is 4. The second-order valence-electron chi connectivity index (χ2n) is 5.95. The fourth-order valence-electron chi connectivity index (χ4n) is 2.55. The predicted molar refractivity (Wildman–Crippen MR) is 107 cm³/mol. The van der Waals surface area contributed by atoms with Gasteiger partial charge < -0.3 is 24.3 Å². The number of benzene rings is 2. The maximum absolute atomic E-state index is 12.5. The van der Waals surface area contributed by atoms with Gasteiger partial charge in [0.25, 0.3) is 11.6 Å². The number of rotatable bonds is 9. The zero-order valence-corrected chi connectivity index (χ0v) is 17.0. The number of para-hydroxylation sites is 2. The number of anilines is 1. The summed E-state index contributed by atoms with van der Waals surface area (Å²) in [7, 11) is 2.64. The first-order chi connectivity index (χ1) is 14.3. The van der Waals surface area contributed by atoms with Crippen molar-refractivity contribution in [3.8, 4) is 17.2 Å². The van der Waals surface area contributed by atoms with Gasteiger partial charge in [0.15, 0.2) is 17.6 Å². The van der Waals surface area contributed by atoms with Crippen LogP contribution in [0.3, 0.4) is 0 Å². The molecule has 2 rings (SSSR count). The molecular weight excluding hydrogens is 396 g/mol. The second-order valence-corrected chi connectivity index (χ2v) is 5.95. The van der Waals surface area contributed by atoms with E-state index in [1.54, 1.807) is 31.2 Å². The number of amides is 1. The topological polar surface area (TPSA) is 126 Å². The SMILES string of the molecule is CCOc1ccccc1NC(=O)[C@@H](C)OC(=O)c1cc(OC)c(OC)cc1[N+](=O)[O-]. The minimum Gasteiger partial charge on any atom is -0.493 e. The Morgan fingerprint density at radius 2 is 1.73 bits per heavy atom. The van der Waals surface area contributed by atoms with Gasteiger partial charge in [-0.25, -0.2) is 4.79 Å². The molecular formula is C20H22N2O8. The maximum Gasteiger partial charge on any atom is 0.346 e. The molecule has 0 aliphatic carbocycles. The molecule has 0 aliphatic heterocycles. The van der Waals surface area contributed by atoms with Crippen molar-refractivity contribution in [3.63, 3.8) is 0 Å². The Labute approximate surface area is 172 Å². The molecule has 160 valence electrons. The van der Waals surface area contributed by atoms with Crippen molar-refractivity contribution >= 4 is 23.3 Å². The van der Waals surface area contributed by atoms with E-state index in [9.17, 15) is 19.7 Å². The summed E-state index contributed by atoms with van der Waals surface area (Å²) in [6, 6.07) is 8.97. The summed E-state index contributed by atoms with van der Waals surface area (Å²) < 4.78 is 20.7. The van der Waals surface area contributed by atoms with Crippen LogP contribution in [0, 0.1) is 10.1 Å². The number of carbonyl (C=O) groups excluding carboxylic acids is 2. The molecule has 1 N–H and O–H groups in total. The van der Waals surface area contributed by atoms with Crippen molar-refractivity contribution in [1.29, 1.82) is 0 Å². The van der Waals surface area contributed by atoms with Gasteiger partial charge in [0, 0.05) is 6.07 Å². The van der Waals surface area contributed by atoms with Gasteiger partial charge in [-0.05, 0) is 26.0 Å². The molecule has 1 atom stereocenters. The van der Waals surface area contributed by atoms with Crippen LogP contribution >= 0.6 is 0 Å². The van der Waals surface area contributed by atoms with Gasteiger partial charge in [-0.2, -0.15) is 0 Å². The highest BCUT2D eigenvalue weighted by atomic mass is 16.6. The first kappa shape index (κ1) is 22.5. The summed E-state index contributed by atoms with van der Waals surface area (Å²) in [5, 5.41) is 14.0. The standard InChI is InChI=1S/C20H22N2O8/c1-5-29-16-9-7-6-8-14(16)21-19(23)12(2)30-20(24)13-10-17(27-3)18(28-4)11-15(13)22(25)26/h6-12H,5H2,1-4H3,(H,21,23)/t12-/m1/s1. The van der Waals surface area contributed by atoms with E-state index in [4.69, 9.17) is 18.9 Å². The third-order valence-electron chi connectivity index (χ3n) is 4.02. The largest absolute Gasteiger partial charge is 0.493 e. The number of esters is 1. The van der Waals surface area contributed by atoms with Crippen molar-refractivity contribution < 1.29 is 33.5 Å². The van der Waals surface area contributed by atoms with Gasteiger partial charge in [-0.15, -0.1) is 0 Å². The Kier molecular flexibility index (Phi) is 7.56. The molecule has 0 bridgehead atoms. The Balaban J connectivity index is 2.21. The Bertz CT molecular complexity index is 944. The third kappa shape index (κ3) is 5.16. The van der Waals surface area contributed by atoms with E-state index in [0.717, 1.165) is 12.1 Å². The van der Waals surface area contributed by atoms with Gasteiger partial charge in [0.1, 0.15) is 11.3 Å². The predicted octanol–water partition coefficient (Wildman–Crippen LogP) is 3.19. The number of nitrogens with zero attached hydrogens (tertiary/aromatic N) is 1. The molecule has 10 heteroatoms. The second kappa shape index (κ2) is 10.1. The third-order valence-corrected chi connectivity index (χ3v) is 4.02. The van der Waals surface area contributed by atoms with Gasteiger partial charge in [-0.1, -0.05) is 12.1 Å². The van der Waals surface area contributed by atoms with Crippen LogP contribution in [0.2, 0.25) is 0 Å². The van der Waals surface area contributed by atoms with Gasteiger partial charge >= 0.3 is 5.97 Å². The number of nitrogens with one attached hydrogen (secondary N) is 1. The Hall–Kier alpha value is -3.82. The van der Waals surface area contributed by atoms with Crippen LogP contribution in [0.5, 0.6) is 17.2 Å². The van der Waals surface area contributed by atoms with Gasteiger partial charge in [0.05, 0.1) is 37.5 Å². The lowest BCUT2D eigenvalue weighted by Crippen LogP contribution is -2.30. The molecule has 10 nitrogen and oxygen atoms in total. The molecule has 0 saturated heterocycles. The number of carbonyl (C=O) groups is 2. The summed E-state index contributed by atoms with van der Waals surface area (Å²) in [5.41, 5.74) is -0.497. The van der Waals surface area contributed by atoms with E-state index < -0.39 is 28.6 Å². The molecule has 0 saturated carbocycles. The monoisotopic (exact) mass is 418 g/mol. The minimum absolute atomic E-state index is 0.0825. The van der Waals surface area contributed by atoms with Crippen molar-refractivity contribution in [3.05, 3.63) is 52.1 Å². The van der Waals surface area contributed by atoms with E-state index in [1.807, 2.05) is 0 Å². The number of hydrogen-bond donors (Lipinski definition) is 1. The quantitative estimate of drug-likeness (QED) is 0.374. The molecule has 2 aromatic rings. The smallest absolute Gasteiger partial charge is 0.346 e. The highest BCUT2D eigenvalue weighted by molar-refractivity contribution is 6.00. The number of nitro benzene ring substituents is 1. The fourth-order valence-corrected chi connectivity index (χ4v) is 2.55. The number of hydrogen-bond acceptors (Lipinski definition) is 8. The Morgan fingerprint density at radius 3 is 2.33 bits per heavy atom. The van der Waals surface area contributed by atoms with E-state index in [-0.39, 0.29) is 17.1 Å². The average molecular weight is 418 g/mol. The Morgan fingerprint density at radius 1 is 1.10 bits per heavy atom. The van der Waals surface area contributed by atoms with E-state index in [0.29, 0.717) is 18.0 Å². The van der Waals surface area contributed by atoms with Crippen molar-refractivity contribution in [1.82, 2.24) is 0 Å². The summed E-state index contributed by atoms with van der Waals surface area (Å²) in [4.78, 5) is 35.6. The fraction of sp³-hybridized carbons (Fsp3) is 0.300. The highest BCUT2D eigenvalue weighted by Gasteiger charge is 2.28. The van der Waals surface area contributed by atoms with E-state index >= 15 is 0 Å². The van der Waals surface area contributed by atoms with Crippen LogP contribution in [0.15, 0.2) is 36.4 Å². The van der Waals surface area contributed by atoms with Crippen LogP contribution in [0.1, 0.15) is 24.2 Å². The first-order valence-corrected chi connectivity index (χ1v) is 8.96. The lowest BCUT2D eigenvalue weighted by Gasteiger charge is -2.16. The van der Waals surface area contributed by atoms with E-state index in [2.05, 4.69) is 5.32 Å². The normalized spacial score (nSPS) is 11.2. The lowest BCUT2D eigenvalue weighted by atomic mass is 10.1. The zero-order chi connectivity index (χ0) is 22.3.